The van der Waals surface area contributed by atoms with Gasteiger partial charge in [-0.25, -0.2) is 9.48 Å². The van der Waals surface area contributed by atoms with Gasteiger partial charge in [0.25, 0.3) is 5.91 Å². The highest BCUT2D eigenvalue weighted by molar-refractivity contribution is 14.1. The van der Waals surface area contributed by atoms with E-state index in [9.17, 15) is 9.59 Å². The minimum Gasteiger partial charge on any atom is -0.476 e. The summed E-state index contributed by atoms with van der Waals surface area (Å²) in [5, 5.41) is 18.6. The molecule has 1 amide bonds. The standard InChI is InChI=1S/C12H11IN4O3/c13-9-3-1-2-8(6-9)11(18)14-4-5-17-7-10(12(19)20)15-16-17/h1-3,6-7H,4-5H2,(H,14,18)(H,19,20). The fourth-order valence-electron chi connectivity index (χ4n) is 1.52. The van der Waals surface area contributed by atoms with Gasteiger partial charge >= 0.3 is 5.97 Å². The number of aromatic nitrogens is 3. The molecule has 1 heterocycles. The summed E-state index contributed by atoms with van der Waals surface area (Å²) in [6.45, 7) is 0.697. The van der Waals surface area contributed by atoms with E-state index in [1.165, 1.54) is 10.9 Å². The first-order valence-electron chi connectivity index (χ1n) is 5.73. The van der Waals surface area contributed by atoms with Crippen molar-refractivity contribution < 1.29 is 14.7 Å². The second-order valence-electron chi connectivity index (χ2n) is 3.94. The quantitative estimate of drug-likeness (QED) is 0.748. The summed E-state index contributed by atoms with van der Waals surface area (Å²) >= 11 is 2.14. The Morgan fingerprint density at radius 3 is 2.85 bits per heavy atom. The highest BCUT2D eigenvalue weighted by Crippen LogP contribution is 2.07. The van der Waals surface area contributed by atoms with E-state index < -0.39 is 5.97 Å². The predicted molar refractivity (Wildman–Crippen MR) is 78.5 cm³/mol. The molecule has 0 aliphatic heterocycles. The van der Waals surface area contributed by atoms with Crippen LogP contribution in [0.4, 0.5) is 0 Å². The van der Waals surface area contributed by atoms with Crippen molar-refractivity contribution in [2.75, 3.05) is 6.54 Å². The molecular weight excluding hydrogens is 375 g/mol. The zero-order valence-electron chi connectivity index (χ0n) is 10.3. The maximum absolute atomic E-state index is 11.8. The zero-order chi connectivity index (χ0) is 14.5. The number of hydrogen-bond acceptors (Lipinski definition) is 4. The fourth-order valence-corrected chi connectivity index (χ4v) is 2.06. The highest BCUT2D eigenvalue weighted by atomic mass is 127. The molecule has 0 atom stereocenters. The number of carboxylic acid groups (broad SMARTS) is 1. The molecule has 8 heteroatoms. The van der Waals surface area contributed by atoms with Gasteiger partial charge in [0.05, 0.1) is 12.7 Å². The molecule has 7 nitrogen and oxygen atoms in total. The van der Waals surface area contributed by atoms with E-state index in [0.717, 1.165) is 3.57 Å². The molecule has 2 N–H and O–H groups in total. The van der Waals surface area contributed by atoms with E-state index in [1.807, 2.05) is 12.1 Å². The molecule has 2 rings (SSSR count). The van der Waals surface area contributed by atoms with E-state index in [4.69, 9.17) is 5.11 Å². The lowest BCUT2D eigenvalue weighted by Crippen LogP contribution is -2.27. The van der Waals surface area contributed by atoms with Crippen LogP contribution in [-0.4, -0.2) is 38.5 Å². The summed E-state index contributed by atoms with van der Waals surface area (Å²) in [7, 11) is 0. The number of amides is 1. The third-order valence-electron chi connectivity index (χ3n) is 2.47. The van der Waals surface area contributed by atoms with E-state index >= 15 is 0 Å². The average Bonchev–Trinajstić information content (AvgIpc) is 2.87. The Hall–Kier alpha value is -1.97. The first-order chi connectivity index (χ1) is 9.56. The second-order valence-corrected chi connectivity index (χ2v) is 5.18. The van der Waals surface area contributed by atoms with Gasteiger partial charge in [-0.3, -0.25) is 4.79 Å². The number of carbonyl (C=O) groups is 2. The summed E-state index contributed by atoms with van der Waals surface area (Å²) in [5.41, 5.74) is 0.468. The number of halogens is 1. The van der Waals surface area contributed by atoms with Crippen LogP contribution in [0.2, 0.25) is 0 Å². The van der Waals surface area contributed by atoms with Crippen molar-refractivity contribution in [3.8, 4) is 0 Å². The molecule has 0 saturated carbocycles. The molecule has 20 heavy (non-hydrogen) atoms. The third kappa shape index (κ3) is 3.76. The summed E-state index contributed by atoms with van der Waals surface area (Å²) in [6.07, 6.45) is 1.32. The van der Waals surface area contributed by atoms with Crippen molar-refractivity contribution in [1.82, 2.24) is 20.3 Å². The minimum atomic E-state index is -1.13. The van der Waals surface area contributed by atoms with Crippen LogP contribution in [-0.2, 0) is 6.54 Å². The molecule has 1 aromatic carbocycles. The lowest BCUT2D eigenvalue weighted by molar-refractivity contribution is 0.0690. The van der Waals surface area contributed by atoms with Crippen molar-refractivity contribution in [1.29, 1.82) is 0 Å². The van der Waals surface area contributed by atoms with Gasteiger partial charge in [0.1, 0.15) is 0 Å². The van der Waals surface area contributed by atoms with E-state index in [2.05, 4.69) is 38.2 Å². The van der Waals surface area contributed by atoms with Gasteiger partial charge in [0.15, 0.2) is 5.69 Å². The Kier molecular flexibility index (Phi) is 4.66. The third-order valence-corrected chi connectivity index (χ3v) is 3.14. The lowest BCUT2D eigenvalue weighted by Gasteiger charge is -2.05. The molecule has 0 bridgehead atoms. The second kappa shape index (κ2) is 6.46. The average molecular weight is 386 g/mol. The van der Waals surface area contributed by atoms with Gasteiger partial charge in [-0.05, 0) is 40.8 Å². The largest absolute Gasteiger partial charge is 0.476 e. The van der Waals surface area contributed by atoms with Crippen LogP contribution in [0.25, 0.3) is 0 Å². The number of carbonyl (C=O) groups excluding carboxylic acids is 1. The zero-order valence-corrected chi connectivity index (χ0v) is 12.4. The Morgan fingerprint density at radius 2 is 2.20 bits per heavy atom. The molecule has 0 unspecified atom stereocenters. The molecule has 0 spiro atoms. The van der Waals surface area contributed by atoms with Crippen molar-refractivity contribution >= 4 is 34.5 Å². The summed E-state index contributed by atoms with van der Waals surface area (Å²) in [4.78, 5) is 22.5. The van der Waals surface area contributed by atoms with Gasteiger partial charge in [-0.15, -0.1) is 5.10 Å². The van der Waals surface area contributed by atoms with Crippen molar-refractivity contribution in [2.24, 2.45) is 0 Å². The normalized spacial score (nSPS) is 10.2. The van der Waals surface area contributed by atoms with E-state index in [1.54, 1.807) is 12.1 Å². The number of nitrogens with one attached hydrogen (secondary N) is 1. The first-order valence-corrected chi connectivity index (χ1v) is 6.81. The molecule has 2 aromatic rings. The number of rotatable bonds is 5. The molecular formula is C12H11IN4O3. The maximum atomic E-state index is 11.8. The first kappa shape index (κ1) is 14.4. The van der Waals surface area contributed by atoms with E-state index in [-0.39, 0.29) is 11.6 Å². The summed E-state index contributed by atoms with van der Waals surface area (Å²) in [6, 6.07) is 7.23. The van der Waals surface area contributed by atoms with Crippen LogP contribution in [0.5, 0.6) is 0 Å². The van der Waals surface area contributed by atoms with Crippen LogP contribution in [0.3, 0.4) is 0 Å². The Balaban J connectivity index is 1.86. The Labute approximate surface area is 128 Å². The maximum Gasteiger partial charge on any atom is 0.358 e. The highest BCUT2D eigenvalue weighted by Gasteiger charge is 2.09. The molecule has 104 valence electrons. The SMILES string of the molecule is O=C(NCCn1cc(C(=O)O)nn1)c1cccc(I)c1. The van der Waals surface area contributed by atoms with Crippen LogP contribution in [0.1, 0.15) is 20.8 Å². The monoisotopic (exact) mass is 386 g/mol. The van der Waals surface area contributed by atoms with Crippen LogP contribution >= 0.6 is 22.6 Å². The van der Waals surface area contributed by atoms with Crippen LogP contribution in [0.15, 0.2) is 30.5 Å². The van der Waals surface area contributed by atoms with Crippen molar-refractivity contribution in [3.05, 3.63) is 45.3 Å². The smallest absolute Gasteiger partial charge is 0.358 e. The lowest BCUT2D eigenvalue weighted by atomic mass is 10.2. The summed E-state index contributed by atoms with van der Waals surface area (Å²) in [5.74, 6) is -1.30. The van der Waals surface area contributed by atoms with Crippen LogP contribution in [0, 0.1) is 3.57 Å². The number of carboxylic acids is 1. The van der Waals surface area contributed by atoms with Gasteiger partial charge < -0.3 is 10.4 Å². The van der Waals surface area contributed by atoms with Gasteiger partial charge in [0.2, 0.25) is 0 Å². The number of nitrogens with zero attached hydrogens (tertiary/aromatic N) is 3. The Morgan fingerprint density at radius 1 is 1.40 bits per heavy atom. The fraction of sp³-hybridized carbons (Fsp3) is 0.167. The van der Waals surface area contributed by atoms with Gasteiger partial charge in [0, 0.05) is 15.7 Å². The topological polar surface area (TPSA) is 97.1 Å². The number of benzene rings is 1. The minimum absolute atomic E-state index is 0.117. The molecule has 0 saturated heterocycles. The molecule has 0 aliphatic rings. The molecule has 1 aromatic heterocycles. The molecule has 0 radical (unpaired) electrons. The van der Waals surface area contributed by atoms with E-state index in [0.29, 0.717) is 18.7 Å². The van der Waals surface area contributed by atoms with Crippen molar-refractivity contribution in [3.63, 3.8) is 0 Å². The molecule has 0 fully saturated rings. The van der Waals surface area contributed by atoms with Crippen LogP contribution < -0.4 is 5.32 Å². The number of aromatic carboxylic acids is 1. The van der Waals surface area contributed by atoms with Crippen molar-refractivity contribution in [2.45, 2.75) is 6.54 Å². The number of hydrogen-bond donors (Lipinski definition) is 2. The summed E-state index contributed by atoms with van der Waals surface area (Å²) < 4.78 is 2.36. The Bertz CT molecular complexity index is 641. The van der Waals surface area contributed by atoms with Gasteiger partial charge in [-0.1, -0.05) is 11.3 Å². The predicted octanol–water partition coefficient (Wildman–Crippen LogP) is 1.01. The molecule has 0 aliphatic carbocycles. The van der Waals surface area contributed by atoms with Gasteiger partial charge in [-0.2, -0.15) is 0 Å².